The van der Waals surface area contributed by atoms with Crippen LogP contribution in [0.25, 0.3) is 11.1 Å². The molecule has 4 heteroatoms. The zero-order chi connectivity index (χ0) is 12.3. The van der Waals surface area contributed by atoms with Crippen molar-refractivity contribution in [2.75, 3.05) is 13.1 Å². The number of hydrogen-bond acceptors (Lipinski definition) is 4. The Morgan fingerprint density at radius 3 is 3.06 bits per heavy atom. The van der Waals surface area contributed by atoms with E-state index < -0.39 is 0 Å². The summed E-state index contributed by atoms with van der Waals surface area (Å²) in [5.41, 5.74) is 8.71. The Bertz CT molecular complexity index is 490. The molecule has 0 spiro atoms. The van der Waals surface area contributed by atoms with E-state index >= 15 is 0 Å². The molecule has 0 radical (unpaired) electrons. The molecule has 0 amide bonds. The highest BCUT2D eigenvalue weighted by atomic mass is 16.3. The number of aryl methyl sites for hydroxylation is 1. The molecule has 1 unspecified atom stereocenters. The molecular formula is C13H19N3O. The maximum atomic E-state index is 5.66. The third-order valence-corrected chi connectivity index (χ3v) is 2.62. The lowest BCUT2D eigenvalue weighted by Gasteiger charge is -2.07. The van der Waals surface area contributed by atoms with E-state index in [1.165, 1.54) is 5.56 Å². The summed E-state index contributed by atoms with van der Waals surface area (Å²) < 4.78 is 5.50. The predicted octanol–water partition coefficient (Wildman–Crippen LogP) is 1.62. The second-order valence-corrected chi connectivity index (χ2v) is 4.47. The van der Waals surface area contributed by atoms with Gasteiger partial charge in [0, 0.05) is 19.5 Å². The van der Waals surface area contributed by atoms with Crippen LogP contribution in [0.5, 0.6) is 0 Å². The van der Waals surface area contributed by atoms with Crippen molar-refractivity contribution in [2.45, 2.75) is 26.3 Å². The van der Waals surface area contributed by atoms with Gasteiger partial charge in [-0.15, -0.1) is 0 Å². The number of fused-ring (bicyclic) bond motifs is 1. The number of nitrogens with one attached hydrogen (secondary N) is 1. The minimum atomic E-state index is 0.203. The lowest BCUT2D eigenvalue weighted by molar-refractivity contribution is 0.560. The first-order chi connectivity index (χ1) is 8.15. The summed E-state index contributed by atoms with van der Waals surface area (Å²) >= 11 is 0. The highest BCUT2D eigenvalue weighted by Crippen LogP contribution is 2.16. The second-order valence-electron chi connectivity index (χ2n) is 4.47. The monoisotopic (exact) mass is 233 g/mol. The summed E-state index contributed by atoms with van der Waals surface area (Å²) in [6, 6.07) is 6.36. The van der Waals surface area contributed by atoms with Gasteiger partial charge in [0.05, 0.1) is 0 Å². The van der Waals surface area contributed by atoms with Crippen LogP contribution < -0.4 is 11.1 Å². The van der Waals surface area contributed by atoms with Gasteiger partial charge in [-0.05, 0) is 37.6 Å². The molecule has 2 aromatic rings. The molecule has 4 nitrogen and oxygen atoms in total. The topological polar surface area (TPSA) is 64.1 Å². The third kappa shape index (κ3) is 3.28. The Morgan fingerprint density at radius 2 is 2.29 bits per heavy atom. The lowest BCUT2D eigenvalue weighted by Crippen LogP contribution is -2.32. The van der Waals surface area contributed by atoms with Gasteiger partial charge in [0.15, 0.2) is 11.5 Å². The van der Waals surface area contributed by atoms with Crippen molar-refractivity contribution in [3.63, 3.8) is 0 Å². The van der Waals surface area contributed by atoms with Crippen LogP contribution in [0.2, 0.25) is 0 Å². The molecule has 1 aromatic heterocycles. The van der Waals surface area contributed by atoms with Crippen molar-refractivity contribution in [3.05, 3.63) is 29.7 Å². The Hall–Kier alpha value is -1.39. The summed E-state index contributed by atoms with van der Waals surface area (Å²) in [6.07, 6.45) is 0.975. The van der Waals surface area contributed by atoms with Gasteiger partial charge in [0.2, 0.25) is 0 Å². The van der Waals surface area contributed by atoms with Crippen molar-refractivity contribution in [2.24, 2.45) is 5.73 Å². The normalized spacial score (nSPS) is 13.1. The molecule has 17 heavy (non-hydrogen) atoms. The summed E-state index contributed by atoms with van der Waals surface area (Å²) in [5.74, 6) is 0.715. The first kappa shape index (κ1) is 12.1. The zero-order valence-electron chi connectivity index (χ0n) is 10.4. The maximum Gasteiger partial charge on any atom is 0.192 e. The zero-order valence-corrected chi connectivity index (χ0v) is 10.4. The molecule has 0 bridgehead atoms. The number of aromatic nitrogens is 1. The SMILES string of the molecule is Cc1nc2ccc(CCNCC(C)N)cc2o1. The van der Waals surface area contributed by atoms with E-state index in [1.54, 1.807) is 0 Å². The number of nitrogens with two attached hydrogens (primary N) is 1. The van der Waals surface area contributed by atoms with Crippen LogP contribution in [0.15, 0.2) is 22.6 Å². The number of rotatable bonds is 5. The highest BCUT2D eigenvalue weighted by molar-refractivity contribution is 5.73. The van der Waals surface area contributed by atoms with Crippen molar-refractivity contribution in [1.29, 1.82) is 0 Å². The minimum absolute atomic E-state index is 0.203. The molecule has 3 N–H and O–H groups in total. The van der Waals surface area contributed by atoms with E-state index in [4.69, 9.17) is 10.2 Å². The molecule has 0 aliphatic rings. The molecule has 0 saturated carbocycles. The molecule has 1 heterocycles. The number of hydrogen-bond donors (Lipinski definition) is 2. The predicted molar refractivity (Wildman–Crippen MR) is 69.0 cm³/mol. The van der Waals surface area contributed by atoms with E-state index in [9.17, 15) is 0 Å². The number of benzene rings is 1. The maximum absolute atomic E-state index is 5.66. The van der Waals surface area contributed by atoms with Crippen molar-refractivity contribution in [3.8, 4) is 0 Å². The Balaban J connectivity index is 1.94. The van der Waals surface area contributed by atoms with Gasteiger partial charge in [-0.1, -0.05) is 6.07 Å². The molecular weight excluding hydrogens is 214 g/mol. The number of oxazole rings is 1. The van der Waals surface area contributed by atoms with Crippen molar-refractivity contribution >= 4 is 11.1 Å². The summed E-state index contributed by atoms with van der Waals surface area (Å²) in [5, 5.41) is 3.32. The van der Waals surface area contributed by atoms with Gasteiger partial charge >= 0.3 is 0 Å². The van der Waals surface area contributed by atoms with Gasteiger partial charge in [-0.2, -0.15) is 0 Å². The Kier molecular flexibility index (Phi) is 3.76. The summed E-state index contributed by atoms with van der Waals surface area (Å²) in [4.78, 5) is 4.28. The molecule has 0 fully saturated rings. The molecule has 2 rings (SSSR count). The second kappa shape index (κ2) is 5.29. The molecule has 0 aliphatic carbocycles. The minimum Gasteiger partial charge on any atom is -0.441 e. The fourth-order valence-electron chi connectivity index (χ4n) is 1.80. The Morgan fingerprint density at radius 1 is 1.47 bits per heavy atom. The van der Waals surface area contributed by atoms with Crippen LogP contribution >= 0.6 is 0 Å². The molecule has 1 atom stereocenters. The summed E-state index contributed by atoms with van der Waals surface area (Å²) in [6.45, 7) is 5.64. The van der Waals surface area contributed by atoms with E-state index in [-0.39, 0.29) is 6.04 Å². The van der Waals surface area contributed by atoms with E-state index in [2.05, 4.69) is 22.4 Å². The average molecular weight is 233 g/mol. The highest BCUT2D eigenvalue weighted by Gasteiger charge is 2.03. The fourth-order valence-corrected chi connectivity index (χ4v) is 1.80. The molecule has 0 aliphatic heterocycles. The Labute approximate surface area is 101 Å². The van der Waals surface area contributed by atoms with Gasteiger partial charge in [-0.25, -0.2) is 4.98 Å². The van der Waals surface area contributed by atoms with Crippen molar-refractivity contribution in [1.82, 2.24) is 10.3 Å². The van der Waals surface area contributed by atoms with Crippen LogP contribution in [0.3, 0.4) is 0 Å². The molecule has 1 aromatic carbocycles. The lowest BCUT2D eigenvalue weighted by atomic mass is 10.1. The summed E-state index contributed by atoms with van der Waals surface area (Å²) in [7, 11) is 0. The number of nitrogens with zero attached hydrogens (tertiary/aromatic N) is 1. The van der Waals surface area contributed by atoms with Gasteiger partial charge in [0.25, 0.3) is 0 Å². The first-order valence-corrected chi connectivity index (χ1v) is 5.97. The molecule has 0 saturated heterocycles. The quantitative estimate of drug-likeness (QED) is 0.770. The van der Waals surface area contributed by atoms with Gasteiger partial charge in [0.1, 0.15) is 5.52 Å². The van der Waals surface area contributed by atoms with Crippen LogP contribution in [-0.2, 0) is 6.42 Å². The largest absolute Gasteiger partial charge is 0.441 e. The van der Waals surface area contributed by atoms with Gasteiger partial charge in [-0.3, -0.25) is 0 Å². The smallest absolute Gasteiger partial charge is 0.192 e. The first-order valence-electron chi connectivity index (χ1n) is 5.97. The average Bonchev–Trinajstić information content (AvgIpc) is 2.63. The fraction of sp³-hybridized carbons (Fsp3) is 0.462. The van der Waals surface area contributed by atoms with Crippen LogP contribution in [-0.4, -0.2) is 24.1 Å². The van der Waals surface area contributed by atoms with Crippen molar-refractivity contribution < 1.29 is 4.42 Å². The van der Waals surface area contributed by atoms with Crippen LogP contribution in [0.1, 0.15) is 18.4 Å². The van der Waals surface area contributed by atoms with Crippen LogP contribution in [0.4, 0.5) is 0 Å². The third-order valence-electron chi connectivity index (χ3n) is 2.62. The standard InChI is InChI=1S/C13H19N3O/c1-9(14)8-15-6-5-11-3-4-12-13(7-11)17-10(2)16-12/h3-4,7,9,15H,5-6,8,14H2,1-2H3. The van der Waals surface area contributed by atoms with Crippen LogP contribution in [0, 0.1) is 6.92 Å². The van der Waals surface area contributed by atoms with E-state index in [0.29, 0.717) is 5.89 Å². The van der Waals surface area contributed by atoms with Gasteiger partial charge < -0.3 is 15.5 Å². The molecule has 92 valence electrons. The van der Waals surface area contributed by atoms with E-state index in [1.807, 2.05) is 19.9 Å². The van der Waals surface area contributed by atoms with E-state index in [0.717, 1.165) is 30.6 Å².